The van der Waals surface area contributed by atoms with Gasteiger partial charge in [0.1, 0.15) is 11.4 Å². The van der Waals surface area contributed by atoms with E-state index in [9.17, 15) is 9.59 Å². The summed E-state index contributed by atoms with van der Waals surface area (Å²) < 4.78 is 1.62. The van der Waals surface area contributed by atoms with Gasteiger partial charge in [-0.2, -0.15) is 0 Å². The molecule has 1 amide bonds. The minimum absolute atomic E-state index is 0.0366. The Morgan fingerprint density at radius 3 is 2.90 bits per heavy atom. The number of nitrogens with one attached hydrogen (secondary N) is 2. The fraction of sp³-hybridized carbons (Fsp3) is 0.500. The molecule has 7 heteroatoms. The van der Waals surface area contributed by atoms with E-state index in [0.29, 0.717) is 16.7 Å². The molecule has 2 aromatic heterocycles. The average Bonchev–Trinajstić information content (AvgIpc) is 2.87. The van der Waals surface area contributed by atoms with Gasteiger partial charge in [0.15, 0.2) is 4.77 Å². The lowest BCUT2D eigenvalue weighted by molar-refractivity contribution is -0.121. The van der Waals surface area contributed by atoms with Crippen LogP contribution in [0.1, 0.15) is 31.6 Å². The van der Waals surface area contributed by atoms with Gasteiger partial charge in [-0.25, -0.2) is 0 Å². The SMILES string of the molecule is CCCCNC(=O)Cn1c(=S)[nH]c2sc(CC)cc2c1=O. The summed E-state index contributed by atoms with van der Waals surface area (Å²) in [6, 6.07) is 1.87. The molecule has 114 valence electrons. The summed E-state index contributed by atoms with van der Waals surface area (Å²) >= 11 is 6.73. The highest BCUT2D eigenvalue weighted by molar-refractivity contribution is 7.71. The number of hydrogen-bond donors (Lipinski definition) is 2. The highest BCUT2D eigenvalue weighted by atomic mass is 32.1. The lowest BCUT2D eigenvalue weighted by atomic mass is 10.3. The molecule has 0 aromatic carbocycles. The molecule has 2 heterocycles. The second-order valence-electron chi connectivity index (χ2n) is 4.83. The molecular weight excluding hydrogens is 306 g/mol. The Morgan fingerprint density at radius 2 is 2.24 bits per heavy atom. The van der Waals surface area contributed by atoms with E-state index >= 15 is 0 Å². The van der Waals surface area contributed by atoms with Crippen molar-refractivity contribution in [2.75, 3.05) is 6.54 Å². The van der Waals surface area contributed by atoms with Crippen molar-refractivity contribution in [1.82, 2.24) is 14.9 Å². The molecule has 0 unspecified atom stereocenters. The zero-order chi connectivity index (χ0) is 15.4. The zero-order valence-electron chi connectivity index (χ0n) is 12.2. The van der Waals surface area contributed by atoms with E-state index in [4.69, 9.17) is 12.2 Å². The van der Waals surface area contributed by atoms with Crippen LogP contribution in [0.3, 0.4) is 0 Å². The van der Waals surface area contributed by atoms with Crippen LogP contribution in [0.25, 0.3) is 10.2 Å². The maximum atomic E-state index is 12.4. The van der Waals surface area contributed by atoms with Crippen LogP contribution in [-0.2, 0) is 17.8 Å². The number of aromatic amines is 1. The molecular formula is C14H19N3O2S2. The zero-order valence-corrected chi connectivity index (χ0v) is 13.8. The molecule has 0 bridgehead atoms. The molecule has 5 nitrogen and oxygen atoms in total. The summed E-state index contributed by atoms with van der Waals surface area (Å²) in [6.45, 7) is 4.69. The highest BCUT2D eigenvalue weighted by Gasteiger charge is 2.11. The Labute approximate surface area is 132 Å². The second kappa shape index (κ2) is 7.00. The Morgan fingerprint density at radius 1 is 1.48 bits per heavy atom. The van der Waals surface area contributed by atoms with Crippen molar-refractivity contribution < 1.29 is 4.79 Å². The van der Waals surface area contributed by atoms with E-state index in [1.54, 1.807) is 0 Å². The lowest BCUT2D eigenvalue weighted by Gasteiger charge is -2.07. The second-order valence-corrected chi connectivity index (χ2v) is 6.36. The quantitative estimate of drug-likeness (QED) is 0.634. The third kappa shape index (κ3) is 3.59. The third-order valence-electron chi connectivity index (χ3n) is 3.23. The predicted octanol–water partition coefficient (Wildman–Crippen LogP) is 2.60. The van der Waals surface area contributed by atoms with Crippen molar-refractivity contribution in [3.05, 3.63) is 26.1 Å². The van der Waals surface area contributed by atoms with Crippen LogP contribution in [0.15, 0.2) is 10.9 Å². The number of thiophene rings is 1. The van der Waals surface area contributed by atoms with Gasteiger partial charge in [-0.15, -0.1) is 11.3 Å². The molecule has 0 saturated heterocycles. The molecule has 2 aromatic rings. The number of carbonyl (C=O) groups is 1. The number of carbonyl (C=O) groups excluding carboxylic acids is 1. The van der Waals surface area contributed by atoms with Gasteiger partial charge in [-0.1, -0.05) is 20.3 Å². The number of fused-ring (bicyclic) bond motifs is 1. The van der Waals surface area contributed by atoms with Crippen LogP contribution in [0.2, 0.25) is 0 Å². The fourth-order valence-corrected chi connectivity index (χ4v) is 3.32. The standard InChI is InChI=1S/C14H19N3O2S2/c1-3-5-6-15-11(18)8-17-13(19)10-7-9(4-2)21-12(10)16-14(17)20/h7H,3-6,8H2,1-2H3,(H,15,18)(H,16,20). The summed E-state index contributed by atoms with van der Waals surface area (Å²) in [5, 5.41) is 3.40. The van der Waals surface area contributed by atoms with Crippen molar-refractivity contribution in [3.8, 4) is 0 Å². The number of H-pyrrole nitrogens is 1. The van der Waals surface area contributed by atoms with Crippen molar-refractivity contribution in [1.29, 1.82) is 0 Å². The van der Waals surface area contributed by atoms with Crippen molar-refractivity contribution in [2.45, 2.75) is 39.7 Å². The highest BCUT2D eigenvalue weighted by Crippen LogP contribution is 2.21. The maximum Gasteiger partial charge on any atom is 0.263 e. The monoisotopic (exact) mass is 325 g/mol. The number of nitrogens with zero attached hydrogens (tertiary/aromatic N) is 1. The summed E-state index contributed by atoms with van der Waals surface area (Å²) in [5.74, 6) is -0.185. The van der Waals surface area contributed by atoms with Crippen LogP contribution >= 0.6 is 23.6 Å². The molecule has 2 N–H and O–H groups in total. The Kier molecular flexibility index (Phi) is 5.30. The normalized spacial score (nSPS) is 11.0. The van der Waals surface area contributed by atoms with Gasteiger partial charge in [0, 0.05) is 11.4 Å². The third-order valence-corrected chi connectivity index (χ3v) is 4.74. The van der Waals surface area contributed by atoms with Gasteiger partial charge in [-0.05, 0) is 31.1 Å². The first-order valence-corrected chi connectivity index (χ1v) is 8.31. The molecule has 0 fully saturated rings. The van der Waals surface area contributed by atoms with E-state index in [0.717, 1.165) is 29.0 Å². The Balaban J connectivity index is 2.29. The Hall–Kier alpha value is -1.47. The smallest absolute Gasteiger partial charge is 0.263 e. The molecule has 0 atom stereocenters. The van der Waals surface area contributed by atoms with Gasteiger partial charge in [0.2, 0.25) is 5.91 Å². The van der Waals surface area contributed by atoms with Crippen molar-refractivity contribution in [3.63, 3.8) is 0 Å². The van der Waals surface area contributed by atoms with Crippen molar-refractivity contribution in [2.24, 2.45) is 0 Å². The van der Waals surface area contributed by atoms with Crippen LogP contribution in [0, 0.1) is 4.77 Å². The van der Waals surface area contributed by atoms with E-state index < -0.39 is 0 Å². The van der Waals surface area contributed by atoms with Gasteiger partial charge in [-0.3, -0.25) is 14.2 Å². The molecule has 0 aliphatic heterocycles. The first-order valence-electron chi connectivity index (χ1n) is 7.09. The summed E-state index contributed by atoms with van der Waals surface area (Å²) in [5.41, 5.74) is -0.199. The van der Waals surface area contributed by atoms with E-state index in [1.807, 2.05) is 13.0 Å². The summed E-state index contributed by atoms with van der Waals surface area (Å²) in [4.78, 5) is 29.3. The molecule has 21 heavy (non-hydrogen) atoms. The van der Waals surface area contributed by atoms with Gasteiger partial charge in [0.25, 0.3) is 5.56 Å². The molecule has 0 aliphatic rings. The number of unbranched alkanes of at least 4 members (excludes halogenated alkanes) is 1. The van der Waals surface area contributed by atoms with Crippen LogP contribution in [0.4, 0.5) is 0 Å². The largest absolute Gasteiger partial charge is 0.355 e. The molecule has 2 rings (SSSR count). The summed E-state index contributed by atoms with van der Waals surface area (Å²) in [7, 11) is 0. The average molecular weight is 325 g/mol. The minimum Gasteiger partial charge on any atom is -0.355 e. The van der Waals surface area contributed by atoms with E-state index in [-0.39, 0.29) is 18.0 Å². The van der Waals surface area contributed by atoms with Crippen LogP contribution in [-0.4, -0.2) is 22.0 Å². The lowest BCUT2D eigenvalue weighted by Crippen LogP contribution is -2.33. The Bertz CT molecular complexity index is 758. The number of rotatable bonds is 6. The topological polar surface area (TPSA) is 66.9 Å². The maximum absolute atomic E-state index is 12.4. The number of aromatic nitrogens is 2. The van der Waals surface area contributed by atoms with Gasteiger partial charge in [0.05, 0.1) is 5.39 Å². The van der Waals surface area contributed by atoms with Crippen LogP contribution in [0.5, 0.6) is 0 Å². The number of hydrogen-bond acceptors (Lipinski definition) is 4. The first kappa shape index (κ1) is 15.9. The fourth-order valence-electron chi connectivity index (χ4n) is 2.02. The van der Waals surface area contributed by atoms with E-state index in [2.05, 4.69) is 17.2 Å². The summed E-state index contributed by atoms with van der Waals surface area (Å²) in [6.07, 6.45) is 2.81. The molecule has 0 spiro atoms. The minimum atomic E-state index is -0.199. The molecule has 0 saturated carbocycles. The number of amides is 1. The van der Waals surface area contributed by atoms with Crippen molar-refractivity contribution >= 4 is 39.7 Å². The van der Waals surface area contributed by atoms with Gasteiger partial charge >= 0.3 is 0 Å². The van der Waals surface area contributed by atoms with E-state index in [1.165, 1.54) is 15.9 Å². The predicted molar refractivity (Wildman–Crippen MR) is 88.6 cm³/mol. The molecule has 0 radical (unpaired) electrons. The van der Waals surface area contributed by atoms with Crippen LogP contribution < -0.4 is 10.9 Å². The first-order chi connectivity index (χ1) is 10.1. The number of aryl methyl sites for hydroxylation is 1. The van der Waals surface area contributed by atoms with Gasteiger partial charge < -0.3 is 10.3 Å². The molecule has 0 aliphatic carbocycles.